The highest BCUT2D eigenvalue weighted by molar-refractivity contribution is 5.96. The minimum Gasteiger partial charge on any atom is -0.370 e. The lowest BCUT2D eigenvalue weighted by atomic mass is 10.1. The molecule has 2 saturated heterocycles. The van der Waals surface area contributed by atoms with Gasteiger partial charge in [-0.2, -0.15) is 0 Å². The van der Waals surface area contributed by atoms with Gasteiger partial charge in [-0.15, -0.1) is 0 Å². The zero-order valence-electron chi connectivity index (χ0n) is 12.3. The Bertz CT molecular complexity index is 462. The van der Waals surface area contributed by atoms with Crippen molar-refractivity contribution >= 4 is 11.5 Å². The lowest BCUT2D eigenvalue weighted by Gasteiger charge is -2.24. The molecule has 20 heavy (non-hydrogen) atoms. The molecule has 3 nitrogen and oxygen atoms in total. The summed E-state index contributed by atoms with van der Waals surface area (Å²) in [5.74, 6) is 0.230. The quantitative estimate of drug-likeness (QED) is 0.787. The van der Waals surface area contributed by atoms with E-state index in [0.717, 1.165) is 24.7 Å². The molecular formula is C17H24N2O. The first-order chi connectivity index (χ1) is 9.78. The SMILES string of the molecule is CCC(=O)c1ccc(N2CCC(N3CCCC3)C2)cc1. The maximum atomic E-state index is 11.7. The number of Topliss-reactive ketones (excluding diaryl/α,β-unsaturated/α-hetero) is 1. The first-order valence-electron chi connectivity index (χ1n) is 7.90. The molecule has 1 unspecified atom stereocenters. The molecule has 2 aliphatic heterocycles. The predicted octanol–water partition coefficient (Wildman–Crippen LogP) is 2.95. The monoisotopic (exact) mass is 272 g/mol. The van der Waals surface area contributed by atoms with Crippen LogP contribution < -0.4 is 4.90 Å². The highest BCUT2D eigenvalue weighted by Crippen LogP contribution is 2.25. The van der Waals surface area contributed by atoms with Crippen LogP contribution in [-0.2, 0) is 0 Å². The molecule has 108 valence electrons. The molecule has 3 rings (SSSR count). The summed E-state index contributed by atoms with van der Waals surface area (Å²) in [4.78, 5) is 16.8. The van der Waals surface area contributed by atoms with E-state index in [4.69, 9.17) is 0 Å². The summed E-state index contributed by atoms with van der Waals surface area (Å²) in [6.45, 7) is 6.76. The van der Waals surface area contributed by atoms with Gasteiger partial charge in [0.25, 0.3) is 0 Å². The van der Waals surface area contributed by atoms with Crippen molar-refractivity contribution in [2.45, 2.75) is 38.6 Å². The molecule has 0 saturated carbocycles. The van der Waals surface area contributed by atoms with E-state index in [9.17, 15) is 4.79 Å². The Morgan fingerprint density at radius 2 is 1.85 bits per heavy atom. The van der Waals surface area contributed by atoms with E-state index in [1.165, 1.54) is 38.0 Å². The zero-order chi connectivity index (χ0) is 13.9. The summed E-state index contributed by atoms with van der Waals surface area (Å²) < 4.78 is 0. The Balaban J connectivity index is 1.63. The topological polar surface area (TPSA) is 23.6 Å². The normalized spacial score (nSPS) is 23.4. The van der Waals surface area contributed by atoms with Crippen molar-refractivity contribution in [3.8, 4) is 0 Å². The van der Waals surface area contributed by atoms with E-state index in [-0.39, 0.29) is 5.78 Å². The standard InChI is InChI=1S/C17H24N2O/c1-2-17(20)14-5-7-15(8-6-14)19-12-9-16(13-19)18-10-3-4-11-18/h5-8,16H,2-4,9-13H2,1H3. The van der Waals surface area contributed by atoms with E-state index in [2.05, 4.69) is 21.9 Å². The predicted molar refractivity (Wildman–Crippen MR) is 82.5 cm³/mol. The second kappa shape index (κ2) is 5.96. The molecule has 2 aliphatic rings. The molecule has 0 spiro atoms. The number of carbonyl (C=O) groups is 1. The third kappa shape index (κ3) is 2.73. The lowest BCUT2D eigenvalue weighted by molar-refractivity contribution is 0.0988. The summed E-state index contributed by atoms with van der Waals surface area (Å²) in [6.07, 6.45) is 4.59. The maximum absolute atomic E-state index is 11.7. The first kappa shape index (κ1) is 13.6. The number of carbonyl (C=O) groups excluding carboxylic acids is 1. The Morgan fingerprint density at radius 3 is 2.50 bits per heavy atom. The van der Waals surface area contributed by atoms with E-state index in [1.54, 1.807) is 0 Å². The highest BCUT2D eigenvalue weighted by atomic mass is 16.1. The number of hydrogen-bond donors (Lipinski definition) is 0. The number of hydrogen-bond acceptors (Lipinski definition) is 3. The van der Waals surface area contributed by atoms with Crippen LogP contribution in [0.1, 0.15) is 43.0 Å². The van der Waals surface area contributed by atoms with Crippen molar-refractivity contribution < 1.29 is 4.79 Å². The Kier molecular flexibility index (Phi) is 4.06. The number of anilines is 1. The minimum atomic E-state index is 0.230. The molecular weight excluding hydrogens is 248 g/mol. The molecule has 0 aliphatic carbocycles. The van der Waals surface area contributed by atoms with Crippen LogP contribution in [0.2, 0.25) is 0 Å². The number of benzene rings is 1. The lowest BCUT2D eigenvalue weighted by Crippen LogP contribution is -2.35. The molecule has 1 aromatic carbocycles. The number of nitrogens with zero attached hydrogens (tertiary/aromatic N) is 2. The van der Waals surface area contributed by atoms with Crippen LogP contribution in [0.4, 0.5) is 5.69 Å². The summed E-state index contributed by atoms with van der Waals surface area (Å²) >= 11 is 0. The third-order valence-corrected chi connectivity index (χ3v) is 4.70. The molecule has 0 aromatic heterocycles. The fraction of sp³-hybridized carbons (Fsp3) is 0.588. The highest BCUT2D eigenvalue weighted by Gasteiger charge is 2.29. The second-order valence-electron chi connectivity index (χ2n) is 5.96. The Morgan fingerprint density at radius 1 is 1.15 bits per heavy atom. The average molecular weight is 272 g/mol. The molecule has 0 bridgehead atoms. The van der Waals surface area contributed by atoms with Gasteiger partial charge in [-0.1, -0.05) is 6.92 Å². The maximum Gasteiger partial charge on any atom is 0.162 e. The van der Waals surface area contributed by atoms with Gasteiger partial charge in [0.2, 0.25) is 0 Å². The number of likely N-dealkylation sites (tertiary alicyclic amines) is 1. The molecule has 0 radical (unpaired) electrons. The van der Waals surface area contributed by atoms with Gasteiger partial charge in [-0.3, -0.25) is 9.69 Å². The zero-order valence-corrected chi connectivity index (χ0v) is 12.3. The summed E-state index contributed by atoms with van der Waals surface area (Å²) in [5, 5.41) is 0. The fourth-order valence-electron chi connectivity index (χ4n) is 3.44. The van der Waals surface area contributed by atoms with E-state index < -0.39 is 0 Å². The van der Waals surface area contributed by atoms with Crippen LogP contribution >= 0.6 is 0 Å². The average Bonchev–Trinajstić information content (AvgIpc) is 3.17. The van der Waals surface area contributed by atoms with Crippen molar-refractivity contribution in [3.63, 3.8) is 0 Å². The van der Waals surface area contributed by atoms with E-state index >= 15 is 0 Å². The molecule has 1 aromatic rings. The summed E-state index contributed by atoms with van der Waals surface area (Å²) in [5.41, 5.74) is 2.10. The number of ketones is 1. The molecule has 0 amide bonds. The molecule has 2 fully saturated rings. The van der Waals surface area contributed by atoms with Gasteiger partial charge in [0.1, 0.15) is 0 Å². The van der Waals surface area contributed by atoms with Gasteiger partial charge in [-0.25, -0.2) is 0 Å². The van der Waals surface area contributed by atoms with Crippen molar-refractivity contribution in [2.75, 3.05) is 31.1 Å². The van der Waals surface area contributed by atoms with Crippen LogP contribution in [0, 0.1) is 0 Å². The van der Waals surface area contributed by atoms with E-state index in [1.807, 2.05) is 19.1 Å². The number of rotatable bonds is 4. The molecule has 0 N–H and O–H groups in total. The Labute approximate surface area is 121 Å². The third-order valence-electron chi connectivity index (χ3n) is 4.70. The van der Waals surface area contributed by atoms with Crippen LogP contribution in [-0.4, -0.2) is 42.9 Å². The van der Waals surface area contributed by atoms with Crippen molar-refractivity contribution in [1.29, 1.82) is 0 Å². The smallest absolute Gasteiger partial charge is 0.162 e. The van der Waals surface area contributed by atoms with Crippen molar-refractivity contribution in [1.82, 2.24) is 4.90 Å². The molecule has 1 atom stereocenters. The summed E-state index contributed by atoms with van der Waals surface area (Å²) in [6, 6.07) is 8.90. The minimum absolute atomic E-state index is 0.230. The van der Waals surface area contributed by atoms with Crippen LogP contribution in [0.5, 0.6) is 0 Å². The van der Waals surface area contributed by atoms with Gasteiger partial charge in [0.05, 0.1) is 0 Å². The summed E-state index contributed by atoms with van der Waals surface area (Å²) in [7, 11) is 0. The van der Waals surface area contributed by atoms with Crippen LogP contribution in [0.3, 0.4) is 0 Å². The fourth-order valence-corrected chi connectivity index (χ4v) is 3.44. The van der Waals surface area contributed by atoms with Crippen LogP contribution in [0.15, 0.2) is 24.3 Å². The second-order valence-corrected chi connectivity index (χ2v) is 5.96. The Hall–Kier alpha value is -1.35. The van der Waals surface area contributed by atoms with Crippen molar-refractivity contribution in [2.24, 2.45) is 0 Å². The first-order valence-corrected chi connectivity index (χ1v) is 7.90. The van der Waals surface area contributed by atoms with E-state index in [0.29, 0.717) is 6.42 Å². The van der Waals surface area contributed by atoms with Gasteiger partial charge in [0.15, 0.2) is 5.78 Å². The van der Waals surface area contributed by atoms with Gasteiger partial charge >= 0.3 is 0 Å². The molecule has 2 heterocycles. The molecule has 3 heteroatoms. The van der Waals surface area contributed by atoms with Crippen molar-refractivity contribution in [3.05, 3.63) is 29.8 Å². The van der Waals surface area contributed by atoms with Crippen LogP contribution in [0.25, 0.3) is 0 Å². The largest absolute Gasteiger partial charge is 0.370 e. The van der Waals surface area contributed by atoms with Gasteiger partial charge in [0, 0.05) is 36.8 Å². The van der Waals surface area contributed by atoms with Gasteiger partial charge in [-0.05, 0) is 56.6 Å². The van der Waals surface area contributed by atoms with Gasteiger partial charge < -0.3 is 4.90 Å².